The third-order valence-electron chi connectivity index (χ3n) is 5.38. The Morgan fingerprint density at radius 2 is 1.84 bits per heavy atom. The number of rotatable bonds is 6. The van der Waals surface area contributed by atoms with Crippen LogP contribution in [0.4, 0.5) is 9.18 Å². The fraction of sp³-hybridized carbons (Fsp3) is 0.520. The van der Waals surface area contributed by atoms with Gasteiger partial charge in [0, 0.05) is 18.3 Å². The van der Waals surface area contributed by atoms with Gasteiger partial charge in [0.1, 0.15) is 24.1 Å². The summed E-state index contributed by atoms with van der Waals surface area (Å²) in [4.78, 5) is 18.7. The quantitative estimate of drug-likeness (QED) is 0.661. The summed E-state index contributed by atoms with van der Waals surface area (Å²) in [7, 11) is 0. The van der Waals surface area contributed by atoms with Crippen LogP contribution >= 0.6 is 0 Å². The van der Waals surface area contributed by atoms with E-state index in [0.29, 0.717) is 0 Å². The molecule has 2 heterocycles. The second-order valence-corrected chi connectivity index (χ2v) is 9.50. The summed E-state index contributed by atoms with van der Waals surface area (Å²) in [5.41, 5.74) is 2.14. The molecule has 0 spiro atoms. The van der Waals surface area contributed by atoms with E-state index in [0.717, 1.165) is 35.5 Å². The minimum atomic E-state index is -0.991. The van der Waals surface area contributed by atoms with Crippen molar-refractivity contribution < 1.29 is 18.7 Å². The Hall–Kier alpha value is -2.51. The molecule has 3 rings (SSSR count). The van der Waals surface area contributed by atoms with Gasteiger partial charge in [-0.05, 0) is 58.4 Å². The molecule has 1 N–H and O–H groups in total. The molecule has 1 aromatic carbocycles. The van der Waals surface area contributed by atoms with Crippen LogP contribution < -0.4 is 5.32 Å². The Morgan fingerprint density at radius 1 is 1.19 bits per heavy atom. The Morgan fingerprint density at radius 3 is 2.38 bits per heavy atom. The zero-order chi connectivity index (χ0) is 23.5. The molecule has 0 unspecified atom stereocenters. The van der Waals surface area contributed by atoms with Gasteiger partial charge in [-0.15, -0.1) is 0 Å². The molecular weight excluding hydrogens is 409 g/mol. The predicted molar refractivity (Wildman–Crippen MR) is 123 cm³/mol. The number of carbonyl (C=O) groups excluding carboxylic acids is 1. The maximum atomic E-state index is 14.1. The topological polar surface area (TPSA) is 63.7 Å². The van der Waals surface area contributed by atoms with Crippen LogP contribution in [-0.2, 0) is 16.0 Å². The number of nitrogens with one attached hydrogen (secondary N) is 1. The van der Waals surface area contributed by atoms with Gasteiger partial charge in [0.05, 0.1) is 11.7 Å². The summed E-state index contributed by atoms with van der Waals surface area (Å²) in [6.45, 7) is 11.9. The monoisotopic (exact) mass is 443 g/mol. The molecule has 1 fully saturated rings. The smallest absolute Gasteiger partial charge is 0.413 e. The van der Waals surface area contributed by atoms with E-state index in [1.54, 1.807) is 34.6 Å². The number of alkyl halides is 1. The molecule has 1 amide bonds. The standard InChI is InChI=1S/C25H34FN3O3/c1-7-27-16-20-13-12-19(15-28-20)17-8-10-18(11-9-17)22-21(14-26)29(25(5,6)31-22)23(30)32-24(2,3)4/h8-13,15,21-22,27H,7,14,16H2,1-6H3/t21-,22-/m1/s1. The van der Waals surface area contributed by atoms with Gasteiger partial charge in [-0.3, -0.25) is 9.88 Å². The molecule has 0 aliphatic carbocycles. The molecule has 174 valence electrons. The number of benzene rings is 1. The first-order valence-corrected chi connectivity index (χ1v) is 11.1. The van der Waals surface area contributed by atoms with Crippen LogP contribution in [0.25, 0.3) is 11.1 Å². The molecule has 1 aliphatic heterocycles. The minimum absolute atomic E-state index is 0.576. The molecule has 0 radical (unpaired) electrons. The lowest BCUT2D eigenvalue weighted by Gasteiger charge is -2.34. The second-order valence-electron chi connectivity index (χ2n) is 9.50. The summed E-state index contributed by atoms with van der Waals surface area (Å²) in [6, 6.07) is 11.1. The van der Waals surface area contributed by atoms with Gasteiger partial charge < -0.3 is 14.8 Å². The second kappa shape index (κ2) is 9.55. The highest BCUT2D eigenvalue weighted by Crippen LogP contribution is 2.42. The van der Waals surface area contributed by atoms with E-state index in [9.17, 15) is 9.18 Å². The number of nitrogens with zero attached hydrogens (tertiary/aromatic N) is 2. The van der Waals surface area contributed by atoms with Gasteiger partial charge in [0.25, 0.3) is 0 Å². The Kier molecular flexibility index (Phi) is 7.20. The molecule has 7 heteroatoms. The highest BCUT2D eigenvalue weighted by atomic mass is 19.1. The van der Waals surface area contributed by atoms with Crippen molar-refractivity contribution in [1.29, 1.82) is 0 Å². The highest BCUT2D eigenvalue weighted by Gasteiger charge is 2.51. The average Bonchev–Trinajstić information content (AvgIpc) is 3.02. The van der Waals surface area contributed by atoms with E-state index >= 15 is 0 Å². The lowest BCUT2D eigenvalue weighted by atomic mass is 9.99. The van der Waals surface area contributed by atoms with Crippen molar-refractivity contribution >= 4 is 6.09 Å². The number of aromatic nitrogens is 1. The van der Waals surface area contributed by atoms with E-state index in [-0.39, 0.29) is 0 Å². The number of amides is 1. The molecule has 0 bridgehead atoms. The van der Waals surface area contributed by atoms with Crippen molar-refractivity contribution in [2.75, 3.05) is 13.2 Å². The van der Waals surface area contributed by atoms with Crippen LogP contribution in [0, 0.1) is 0 Å². The van der Waals surface area contributed by atoms with Crippen molar-refractivity contribution in [3.05, 3.63) is 53.9 Å². The molecule has 32 heavy (non-hydrogen) atoms. The number of hydrogen-bond donors (Lipinski definition) is 1. The highest BCUT2D eigenvalue weighted by molar-refractivity contribution is 5.70. The van der Waals surface area contributed by atoms with E-state index in [4.69, 9.17) is 9.47 Å². The SMILES string of the molecule is CCNCc1ccc(-c2ccc([C@H]3OC(C)(C)N(C(=O)OC(C)(C)C)[C@@H]3CF)cc2)cn1. The maximum Gasteiger partial charge on any atom is 0.413 e. The van der Waals surface area contributed by atoms with Gasteiger partial charge in [-0.2, -0.15) is 0 Å². The van der Waals surface area contributed by atoms with Gasteiger partial charge in [-0.25, -0.2) is 9.18 Å². The Balaban J connectivity index is 1.79. The first-order chi connectivity index (χ1) is 15.1. The largest absolute Gasteiger partial charge is 0.444 e. The third-order valence-corrected chi connectivity index (χ3v) is 5.38. The fourth-order valence-electron chi connectivity index (χ4n) is 3.91. The number of halogens is 1. The minimum Gasteiger partial charge on any atom is -0.444 e. The Bertz CT molecular complexity index is 908. The van der Waals surface area contributed by atoms with Crippen LogP contribution in [0.2, 0.25) is 0 Å². The van der Waals surface area contributed by atoms with Crippen LogP contribution in [0.5, 0.6) is 0 Å². The number of pyridine rings is 1. The summed E-state index contributed by atoms with van der Waals surface area (Å²) >= 11 is 0. The van der Waals surface area contributed by atoms with E-state index < -0.39 is 36.2 Å². The summed E-state index contributed by atoms with van der Waals surface area (Å²) in [5.74, 6) is 0. The fourth-order valence-corrected chi connectivity index (χ4v) is 3.91. The molecular formula is C25H34FN3O3. The molecule has 2 atom stereocenters. The summed E-state index contributed by atoms with van der Waals surface area (Å²) in [5, 5.41) is 3.26. The molecule has 6 nitrogen and oxygen atoms in total. The lowest BCUT2D eigenvalue weighted by molar-refractivity contribution is -0.0797. The normalized spacial score (nSPS) is 20.4. The van der Waals surface area contributed by atoms with E-state index in [2.05, 4.69) is 17.2 Å². The van der Waals surface area contributed by atoms with Crippen LogP contribution in [-0.4, -0.2) is 46.6 Å². The van der Waals surface area contributed by atoms with Gasteiger partial charge in [-0.1, -0.05) is 37.3 Å². The van der Waals surface area contributed by atoms with Crippen molar-refractivity contribution in [3.8, 4) is 11.1 Å². The molecule has 0 saturated carbocycles. The number of hydrogen-bond acceptors (Lipinski definition) is 5. The lowest BCUT2D eigenvalue weighted by Crippen LogP contribution is -2.50. The number of carbonyl (C=O) groups is 1. The van der Waals surface area contributed by atoms with Gasteiger partial charge >= 0.3 is 6.09 Å². The van der Waals surface area contributed by atoms with Gasteiger partial charge in [0.2, 0.25) is 0 Å². The van der Waals surface area contributed by atoms with Gasteiger partial charge in [0.15, 0.2) is 0 Å². The Labute approximate surface area is 190 Å². The zero-order valence-electron chi connectivity index (χ0n) is 19.8. The summed E-state index contributed by atoms with van der Waals surface area (Å²) in [6.07, 6.45) is 0.691. The van der Waals surface area contributed by atoms with Crippen molar-refractivity contribution in [2.24, 2.45) is 0 Å². The van der Waals surface area contributed by atoms with Crippen LogP contribution in [0.1, 0.15) is 58.9 Å². The first kappa shape index (κ1) is 24.1. The third kappa shape index (κ3) is 5.45. The molecule has 2 aromatic rings. The maximum absolute atomic E-state index is 14.1. The van der Waals surface area contributed by atoms with Crippen LogP contribution in [0.15, 0.2) is 42.6 Å². The van der Waals surface area contributed by atoms with E-state index in [1.165, 1.54) is 4.90 Å². The molecule has 1 saturated heterocycles. The number of ether oxygens (including phenoxy) is 2. The van der Waals surface area contributed by atoms with Crippen molar-refractivity contribution in [3.63, 3.8) is 0 Å². The predicted octanol–water partition coefficient (Wildman–Crippen LogP) is 5.24. The molecule has 1 aliphatic rings. The molecule has 1 aromatic heterocycles. The average molecular weight is 444 g/mol. The van der Waals surface area contributed by atoms with E-state index in [1.807, 2.05) is 42.6 Å². The first-order valence-electron chi connectivity index (χ1n) is 11.1. The van der Waals surface area contributed by atoms with Crippen molar-refractivity contribution in [1.82, 2.24) is 15.2 Å². The van der Waals surface area contributed by atoms with Crippen LogP contribution in [0.3, 0.4) is 0 Å². The van der Waals surface area contributed by atoms with Crippen molar-refractivity contribution in [2.45, 2.75) is 71.6 Å². The summed E-state index contributed by atoms with van der Waals surface area (Å²) < 4.78 is 25.8. The zero-order valence-corrected chi connectivity index (χ0v) is 19.8.